The first-order valence-corrected chi connectivity index (χ1v) is 11.9. The fraction of sp³-hybridized carbons (Fsp3) is 0.385. The number of aromatic nitrogens is 3. The van der Waals surface area contributed by atoms with E-state index in [1.807, 2.05) is 6.92 Å². The van der Waals surface area contributed by atoms with Gasteiger partial charge in [-0.25, -0.2) is 9.50 Å². The SMILES string of the molecule is Cc1c(C(C)Nc2nn3ccnc3c3ccc(N4C5CCC4COC5)cc23)cccc1C(F)(F)F. The molecular weight excluding hydrogens is 455 g/mol. The molecule has 0 saturated carbocycles. The van der Waals surface area contributed by atoms with Gasteiger partial charge in [-0.05, 0) is 62.1 Å². The Bertz CT molecular complexity index is 1400. The predicted molar refractivity (Wildman–Crippen MR) is 129 cm³/mol. The topological polar surface area (TPSA) is 54.7 Å². The molecular formula is C26H26F3N5O. The van der Waals surface area contributed by atoms with Crippen molar-refractivity contribution in [3.63, 3.8) is 0 Å². The molecule has 0 aliphatic carbocycles. The van der Waals surface area contributed by atoms with Crippen molar-refractivity contribution in [1.29, 1.82) is 0 Å². The highest BCUT2D eigenvalue weighted by Gasteiger charge is 2.37. The lowest BCUT2D eigenvalue weighted by Gasteiger charge is -2.36. The largest absolute Gasteiger partial charge is 0.416 e. The van der Waals surface area contributed by atoms with Crippen LogP contribution in [-0.2, 0) is 10.9 Å². The number of hydrogen-bond acceptors (Lipinski definition) is 5. The van der Waals surface area contributed by atoms with Crippen molar-refractivity contribution in [2.75, 3.05) is 23.4 Å². The van der Waals surface area contributed by atoms with Crippen LogP contribution in [0.2, 0.25) is 0 Å². The molecule has 2 aromatic heterocycles. The summed E-state index contributed by atoms with van der Waals surface area (Å²) in [6, 6.07) is 11.0. The van der Waals surface area contributed by atoms with Gasteiger partial charge in [0, 0.05) is 28.9 Å². The van der Waals surface area contributed by atoms with Crippen LogP contribution in [0.1, 0.15) is 42.5 Å². The molecule has 2 saturated heterocycles. The van der Waals surface area contributed by atoms with Crippen LogP contribution >= 0.6 is 0 Å². The molecule has 1 N–H and O–H groups in total. The minimum Gasteiger partial charge on any atom is -0.377 e. The molecule has 2 aliphatic heterocycles. The zero-order valence-corrected chi connectivity index (χ0v) is 19.5. The zero-order chi connectivity index (χ0) is 24.3. The van der Waals surface area contributed by atoms with Gasteiger partial charge < -0.3 is 15.0 Å². The van der Waals surface area contributed by atoms with Gasteiger partial charge in [-0.2, -0.15) is 13.2 Å². The molecule has 3 atom stereocenters. The van der Waals surface area contributed by atoms with Crippen LogP contribution in [0.4, 0.5) is 24.7 Å². The van der Waals surface area contributed by atoms with Crippen LogP contribution in [0.15, 0.2) is 48.8 Å². The maximum Gasteiger partial charge on any atom is 0.416 e. The van der Waals surface area contributed by atoms with E-state index in [9.17, 15) is 13.2 Å². The number of benzene rings is 2. The van der Waals surface area contributed by atoms with Gasteiger partial charge >= 0.3 is 6.18 Å². The van der Waals surface area contributed by atoms with Crippen molar-refractivity contribution in [3.05, 3.63) is 65.5 Å². The van der Waals surface area contributed by atoms with Gasteiger partial charge in [-0.3, -0.25) is 0 Å². The van der Waals surface area contributed by atoms with Gasteiger partial charge in [-0.1, -0.05) is 12.1 Å². The summed E-state index contributed by atoms with van der Waals surface area (Å²) in [6.45, 7) is 4.83. The van der Waals surface area contributed by atoms with Crippen molar-refractivity contribution < 1.29 is 17.9 Å². The number of halogens is 3. The Morgan fingerprint density at radius 2 is 1.86 bits per heavy atom. The maximum absolute atomic E-state index is 13.5. The standard InChI is InChI=1S/C26H26F3N5O/c1-15-20(4-3-5-23(15)26(27,28)29)16(2)31-24-22-12-17(34-18-6-7-19(34)14-35-13-18)8-9-21(22)25-30-10-11-33(25)32-24/h3-5,8-12,16,18-19H,6-7,13-14H2,1-2H3,(H,31,32). The summed E-state index contributed by atoms with van der Waals surface area (Å²) in [4.78, 5) is 6.92. The highest BCUT2D eigenvalue weighted by molar-refractivity contribution is 6.01. The zero-order valence-electron chi connectivity index (χ0n) is 19.5. The van der Waals surface area contributed by atoms with Crippen molar-refractivity contribution in [2.24, 2.45) is 0 Å². The van der Waals surface area contributed by atoms with Crippen LogP contribution in [-0.4, -0.2) is 39.9 Å². The molecule has 182 valence electrons. The third-order valence-electron chi connectivity index (χ3n) is 7.37. The molecule has 6 rings (SSSR count). The van der Waals surface area contributed by atoms with E-state index in [1.54, 1.807) is 23.0 Å². The molecule has 35 heavy (non-hydrogen) atoms. The lowest BCUT2D eigenvalue weighted by Crippen LogP contribution is -2.45. The fourth-order valence-corrected chi connectivity index (χ4v) is 5.69. The maximum atomic E-state index is 13.5. The quantitative estimate of drug-likeness (QED) is 0.402. The van der Waals surface area contributed by atoms with Gasteiger partial charge in [0.25, 0.3) is 0 Å². The smallest absolute Gasteiger partial charge is 0.377 e. The van der Waals surface area contributed by atoms with E-state index in [2.05, 4.69) is 33.4 Å². The number of anilines is 2. The lowest BCUT2D eigenvalue weighted by atomic mass is 9.97. The van der Waals surface area contributed by atoms with E-state index in [4.69, 9.17) is 9.84 Å². The molecule has 0 spiro atoms. The highest BCUT2D eigenvalue weighted by atomic mass is 19.4. The minimum atomic E-state index is -4.40. The van der Waals surface area contributed by atoms with E-state index < -0.39 is 17.8 Å². The monoisotopic (exact) mass is 481 g/mol. The van der Waals surface area contributed by atoms with Crippen molar-refractivity contribution >= 4 is 27.9 Å². The predicted octanol–water partition coefficient (Wildman–Crippen LogP) is 5.75. The second-order valence-electron chi connectivity index (χ2n) is 9.49. The molecule has 2 fully saturated rings. The molecule has 0 amide bonds. The number of ether oxygens (including phenoxy) is 1. The number of morpholine rings is 1. The lowest BCUT2D eigenvalue weighted by molar-refractivity contribution is -0.138. The Labute approximate surface area is 200 Å². The number of nitrogens with zero attached hydrogens (tertiary/aromatic N) is 4. The van der Waals surface area contributed by atoms with Gasteiger partial charge in [0.15, 0.2) is 11.5 Å². The first-order chi connectivity index (χ1) is 16.8. The van der Waals surface area contributed by atoms with Crippen LogP contribution in [0, 0.1) is 6.92 Å². The summed E-state index contributed by atoms with van der Waals surface area (Å²) in [5.41, 5.74) is 2.04. The third kappa shape index (κ3) is 3.69. The van der Waals surface area contributed by atoms with Crippen molar-refractivity contribution in [3.8, 4) is 0 Å². The molecule has 2 aromatic carbocycles. The Morgan fingerprint density at radius 1 is 1.09 bits per heavy atom. The van der Waals surface area contributed by atoms with Gasteiger partial charge in [0.2, 0.25) is 0 Å². The third-order valence-corrected chi connectivity index (χ3v) is 7.37. The summed E-state index contributed by atoms with van der Waals surface area (Å²) in [5, 5.41) is 9.97. The Balaban J connectivity index is 1.43. The summed E-state index contributed by atoms with van der Waals surface area (Å²) >= 11 is 0. The summed E-state index contributed by atoms with van der Waals surface area (Å²) in [5.74, 6) is 0.609. The van der Waals surface area contributed by atoms with Crippen LogP contribution in [0.5, 0.6) is 0 Å². The average molecular weight is 482 g/mol. The molecule has 4 aromatic rings. The average Bonchev–Trinajstić information content (AvgIpc) is 3.39. The number of fused-ring (bicyclic) bond motifs is 5. The molecule has 9 heteroatoms. The first-order valence-electron chi connectivity index (χ1n) is 11.9. The fourth-order valence-electron chi connectivity index (χ4n) is 5.69. The van der Waals surface area contributed by atoms with Crippen molar-refractivity contribution in [2.45, 2.75) is 51.0 Å². The van der Waals surface area contributed by atoms with Gasteiger partial charge in [0.1, 0.15) is 0 Å². The van der Waals surface area contributed by atoms with E-state index >= 15 is 0 Å². The second-order valence-corrected chi connectivity index (χ2v) is 9.49. The molecule has 2 aliphatic rings. The Kier molecular flexibility index (Phi) is 5.14. The Morgan fingerprint density at radius 3 is 2.60 bits per heavy atom. The summed E-state index contributed by atoms with van der Waals surface area (Å²) < 4.78 is 48.0. The Hall–Kier alpha value is -3.33. The number of rotatable bonds is 4. The number of hydrogen-bond donors (Lipinski definition) is 1. The molecule has 4 heterocycles. The van der Waals surface area contributed by atoms with Crippen LogP contribution in [0.25, 0.3) is 16.4 Å². The van der Waals surface area contributed by atoms with E-state index in [-0.39, 0.29) is 5.56 Å². The second kappa shape index (κ2) is 8.12. The van der Waals surface area contributed by atoms with Crippen LogP contribution < -0.4 is 10.2 Å². The number of alkyl halides is 3. The number of nitrogens with one attached hydrogen (secondary N) is 1. The molecule has 6 nitrogen and oxygen atoms in total. The minimum absolute atomic E-state index is 0.221. The molecule has 0 radical (unpaired) electrons. The summed E-state index contributed by atoms with van der Waals surface area (Å²) in [7, 11) is 0. The summed E-state index contributed by atoms with van der Waals surface area (Å²) in [6.07, 6.45) is 1.29. The first kappa shape index (κ1) is 22.2. The van der Waals surface area contributed by atoms with E-state index in [0.29, 0.717) is 23.5 Å². The van der Waals surface area contributed by atoms with Crippen molar-refractivity contribution in [1.82, 2.24) is 14.6 Å². The number of imidazole rings is 1. The normalized spacial score (nSPS) is 21.1. The molecule has 3 unspecified atom stereocenters. The van der Waals surface area contributed by atoms with Crippen LogP contribution in [0.3, 0.4) is 0 Å². The van der Waals surface area contributed by atoms with E-state index in [0.717, 1.165) is 54.2 Å². The highest BCUT2D eigenvalue weighted by Crippen LogP contribution is 2.39. The van der Waals surface area contributed by atoms with E-state index in [1.165, 1.54) is 13.0 Å². The van der Waals surface area contributed by atoms with Gasteiger partial charge in [-0.15, -0.1) is 5.10 Å². The molecule has 2 bridgehead atoms. The van der Waals surface area contributed by atoms with Gasteiger partial charge in [0.05, 0.1) is 36.9 Å².